The molecular weight excluding hydrogens is 418 g/mol. The van der Waals surface area contributed by atoms with Gasteiger partial charge in [0, 0.05) is 36.1 Å². The summed E-state index contributed by atoms with van der Waals surface area (Å²) in [4.78, 5) is 12.0. The minimum absolute atomic E-state index is 0.155. The first-order valence-electron chi connectivity index (χ1n) is 9.73. The fraction of sp³-hybridized carbons (Fsp3) is 0.227. The molecule has 3 aromatic rings. The Morgan fingerprint density at radius 1 is 1.23 bits per heavy atom. The molecule has 2 aromatic carbocycles. The molecule has 0 atom stereocenters. The van der Waals surface area contributed by atoms with E-state index in [0.29, 0.717) is 35.9 Å². The number of carbonyl (C=O) groups excluding carboxylic acids is 1. The minimum Gasteiger partial charge on any atom is -0.493 e. The molecule has 0 bridgehead atoms. The zero-order chi connectivity index (χ0) is 21.9. The van der Waals surface area contributed by atoms with Crippen LogP contribution in [0.15, 0.2) is 66.0 Å². The number of rotatable bonds is 11. The molecule has 0 radical (unpaired) electrons. The van der Waals surface area contributed by atoms with Gasteiger partial charge >= 0.3 is 0 Å². The van der Waals surface area contributed by atoms with Crippen molar-refractivity contribution in [3.05, 3.63) is 71.5 Å². The highest BCUT2D eigenvalue weighted by Crippen LogP contribution is 2.27. The van der Waals surface area contributed by atoms with E-state index >= 15 is 0 Å². The van der Waals surface area contributed by atoms with Gasteiger partial charge in [-0.15, -0.1) is 0 Å². The molecule has 0 fully saturated rings. The Hall–Kier alpha value is -3.52. The summed E-state index contributed by atoms with van der Waals surface area (Å²) >= 11 is 5.86. The molecule has 0 spiro atoms. The third kappa shape index (κ3) is 7.35. The van der Waals surface area contributed by atoms with Crippen molar-refractivity contribution >= 4 is 29.4 Å². The molecule has 0 unspecified atom stereocenters. The summed E-state index contributed by atoms with van der Waals surface area (Å²) in [5, 5.41) is 12.0. The summed E-state index contributed by atoms with van der Waals surface area (Å²) < 4.78 is 12.7. The van der Waals surface area contributed by atoms with Gasteiger partial charge < -0.3 is 14.8 Å². The molecule has 8 nitrogen and oxygen atoms in total. The molecule has 31 heavy (non-hydrogen) atoms. The van der Waals surface area contributed by atoms with Gasteiger partial charge in [0.15, 0.2) is 18.2 Å². The molecule has 1 heterocycles. The molecular formula is C22H24ClN5O3. The summed E-state index contributed by atoms with van der Waals surface area (Å²) in [5.74, 6) is 1.00. The number of halogens is 1. The predicted molar refractivity (Wildman–Crippen MR) is 121 cm³/mol. The van der Waals surface area contributed by atoms with E-state index in [-0.39, 0.29) is 12.6 Å². The second kappa shape index (κ2) is 11.6. The second-order valence-corrected chi connectivity index (χ2v) is 7.00. The van der Waals surface area contributed by atoms with Crippen LogP contribution in [0, 0.1) is 0 Å². The first kappa shape index (κ1) is 22.2. The largest absolute Gasteiger partial charge is 0.493 e. The number of hydrogen-bond donors (Lipinski definition) is 2. The van der Waals surface area contributed by atoms with E-state index in [0.717, 1.165) is 11.3 Å². The molecule has 0 saturated carbocycles. The van der Waals surface area contributed by atoms with Crippen molar-refractivity contribution in [1.82, 2.24) is 15.2 Å². The highest BCUT2D eigenvalue weighted by molar-refractivity contribution is 6.30. The summed E-state index contributed by atoms with van der Waals surface area (Å²) in [5.41, 5.74) is 4.27. The minimum atomic E-state index is -0.155. The van der Waals surface area contributed by atoms with E-state index in [4.69, 9.17) is 21.1 Å². The molecule has 2 N–H and O–H groups in total. The number of amides is 1. The van der Waals surface area contributed by atoms with E-state index in [9.17, 15) is 4.79 Å². The van der Waals surface area contributed by atoms with Gasteiger partial charge in [0.2, 0.25) is 5.91 Å². The van der Waals surface area contributed by atoms with Gasteiger partial charge in [0.25, 0.3) is 0 Å². The van der Waals surface area contributed by atoms with Gasteiger partial charge in [0.1, 0.15) is 0 Å². The number of ether oxygens (including phenoxy) is 2. The Morgan fingerprint density at radius 2 is 2.06 bits per heavy atom. The lowest BCUT2D eigenvalue weighted by Crippen LogP contribution is -2.18. The van der Waals surface area contributed by atoms with E-state index in [1.165, 1.54) is 0 Å². The van der Waals surface area contributed by atoms with Crippen LogP contribution in [0.5, 0.6) is 11.5 Å². The quantitative estimate of drug-likeness (QED) is 0.267. The number of hydrogen-bond acceptors (Lipinski definition) is 6. The van der Waals surface area contributed by atoms with Gasteiger partial charge in [0.05, 0.1) is 13.3 Å². The summed E-state index contributed by atoms with van der Waals surface area (Å²) in [6.07, 6.45) is 6.08. The molecule has 9 heteroatoms. The van der Waals surface area contributed by atoms with Gasteiger partial charge in [-0.1, -0.05) is 11.6 Å². The molecule has 1 aromatic heterocycles. The Morgan fingerprint density at radius 3 is 2.81 bits per heavy atom. The average molecular weight is 442 g/mol. The van der Waals surface area contributed by atoms with E-state index in [1.54, 1.807) is 42.5 Å². The third-order valence-corrected chi connectivity index (χ3v) is 4.51. The second-order valence-electron chi connectivity index (χ2n) is 6.56. The van der Waals surface area contributed by atoms with Crippen LogP contribution in [-0.2, 0) is 11.5 Å². The first-order valence-corrected chi connectivity index (χ1v) is 10.1. The van der Waals surface area contributed by atoms with Gasteiger partial charge in [-0.2, -0.15) is 10.2 Å². The van der Waals surface area contributed by atoms with E-state index < -0.39 is 0 Å². The predicted octanol–water partition coefficient (Wildman–Crippen LogP) is 3.92. The number of aromatic nitrogens is 2. The van der Waals surface area contributed by atoms with Crippen LogP contribution in [-0.4, -0.2) is 35.6 Å². The Kier molecular flexibility index (Phi) is 8.30. The summed E-state index contributed by atoms with van der Waals surface area (Å²) in [6, 6.07) is 14.6. The average Bonchev–Trinajstić information content (AvgIpc) is 3.30. The van der Waals surface area contributed by atoms with Crippen molar-refractivity contribution in [2.45, 2.75) is 19.6 Å². The molecule has 3 rings (SSSR count). The summed E-state index contributed by atoms with van der Waals surface area (Å²) in [6.45, 7) is 0.930. The number of methoxy groups -OCH3 is 1. The lowest BCUT2D eigenvalue weighted by Gasteiger charge is -2.11. The number of nitrogens with zero attached hydrogens (tertiary/aromatic N) is 3. The monoisotopic (exact) mass is 441 g/mol. The first-order chi connectivity index (χ1) is 15.1. The lowest BCUT2D eigenvalue weighted by molar-refractivity contribution is -0.121. The van der Waals surface area contributed by atoms with Gasteiger partial charge in [-0.05, 0) is 60.5 Å². The SMILES string of the molecule is COc1ccc(/C=N/NC(=O)CCCNc2ccc(Cl)cc2)cc1OCn1cccn1. The number of anilines is 1. The number of hydrazone groups is 1. The van der Waals surface area contributed by atoms with Crippen molar-refractivity contribution < 1.29 is 14.3 Å². The Balaban J connectivity index is 1.43. The maximum atomic E-state index is 12.0. The standard InChI is InChI=1S/C22H24ClN5O3/c1-30-20-10-5-17(14-21(20)31-16-28-13-3-12-26-28)15-25-27-22(29)4-2-11-24-19-8-6-18(23)7-9-19/h3,5-10,12-15,24H,2,4,11,16H2,1H3,(H,27,29)/b25-15+. The van der Waals surface area contributed by atoms with Crippen LogP contribution in [0.25, 0.3) is 0 Å². The molecule has 162 valence electrons. The highest BCUT2D eigenvalue weighted by Gasteiger charge is 2.06. The topological polar surface area (TPSA) is 89.8 Å². The fourth-order valence-electron chi connectivity index (χ4n) is 2.68. The van der Waals surface area contributed by atoms with Crippen LogP contribution in [0.4, 0.5) is 5.69 Å². The van der Waals surface area contributed by atoms with Crippen LogP contribution in [0.1, 0.15) is 18.4 Å². The van der Waals surface area contributed by atoms with Crippen molar-refractivity contribution in [3.63, 3.8) is 0 Å². The van der Waals surface area contributed by atoms with Crippen molar-refractivity contribution in [2.24, 2.45) is 5.10 Å². The number of benzene rings is 2. The smallest absolute Gasteiger partial charge is 0.240 e. The van der Waals surface area contributed by atoms with Crippen molar-refractivity contribution in [2.75, 3.05) is 19.0 Å². The third-order valence-electron chi connectivity index (χ3n) is 4.26. The maximum absolute atomic E-state index is 12.0. The number of carbonyl (C=O) groups is 1. The van der Waals surface area contributed by atoms with E-state index in [1.807, 2.05) is 36.4 Å². The maximum Gasteiger partial charge on any atom is 0.240 e. The van der Waals surface area contributed by atoms with E-state index in [2.05, 4.69) is 20.9 Å². The normalized spacial score (nSPS) is 10.8. The molecule has 0 aliphatic rings. The number of nitrogens with one attached hydrogen (secondary N) is 2. The van der Waals surface area contributed by atoms with Gasteiger partial charge in [-0.25, -0.2) is 10.1 Å². The van der Waals surface area contributed by atoms with Crippen LogP contribution in [0.2, 0.25) is 5.02 Å². The van der Waals surface area contributed by atoms with Crippen molar-refractivity contribution in [1.29, 1.82) is 0 Å². The van der Waals surface area contributed by atoms with Crippen molar-refractivity contribution in [3.8, 4) is 11.5 Å². The fourth-order valence-corrected chi connectivity index (χ4v) is 2.81. The van der Waals surface area contributed by atoms with Crippen LogP contribution in [0.3, 0.4) is 0 Å². The molecule has 0 saturated heterocycles. The van der Waals surface area contributed by atoms with Gasteiger partial charge in [-0.3, -0.25) is 4.79 Å². The molecule has 0 aliphatic carbocycles. The van der Waals surface area contributed by atoms with Crippen LogP contribution < -0.4 is 20.2 Å². The zero-order valence-corrected chi connectivity index (χ0v) is 17.9. The highest BCUT2D eigenvalue weighted by atomic mass is 35.5. The molecule has 1 amide bonds. The molecule has 0 aliphatic heterocycles. The Bertz CT molecular complexity index is 991. The van der Waals surface area contributed by atoms with Crippen LogP contribution >= 0.6 is 11.6 Å². The zero-order valence-electron chi connectivity index (χ0n) is 17.1. The Labute approximate surface area is 185 Å². The lowest BCUT2D eigenvalue weighted by atomic mass is 10.2. The summed E-state index contributed by atoms with van der Waals surface area (Å²) in [7, 11) is 1.58.